The number of rotatable bonds is 6. The first-order chi connectivity index (χ1) is 8.54. The standard InChI is InChI=1S/C14H18O4/c1-10(2)9-18-14-11(7-8-13(15)16)5-4-6-12(14)17-3/h4-8,10H,9H2,1-3H3,(H,15,16). The average molecular weight is 250 g/mol. The summed E-state index contributed by atoms with van der Waals surface area (Å²) >= 11 is 0. The van der Waals surface area contributed by atoms with Gasteiger partial charge in [0.05, 0.1) is 13.7 Å². The molecule has 0 saturated heterocycles. The predicted octanol–water partition coefficient (Wildman–Crippen LogP) is 2.83. The van der Waals surface area contributed by atoms with Crippen molar-refractivity contribution < 1.29 is 19.4 Å². The SMILES string of the molecule is COc1cccc(C=CC(=O)O)c1OCC(C)C. The highest BCUT2D eigenvalue weighted by atomic mass is 16.5. The maximum Gasteiger partial charge on any atom is 0.328 e. The van der Waals surface area contributed by atoms with Crippen molar-refractivity contribution in [2.75, 3.05) is 13.7 Å². The molecule has 1 aromatic carbocycles. The molecule has 0 fully saturated rings. The van der Waals surface area contributed by atoms with Gasteiger partial charge in [0.25, 0.3) is 0 Å². The van der Waals surface area contributed by atoms with E-state index in [9.17, 15) is 4.79 Å². The van der Waals surface area contributed by atoms with Gasteiger partial charge in [-0.25, -0.2) is 4.79 Å². The monoisotopic (exact) mass is 250 g/mol. The lowest BCUT2D eigenvalue weighted by molar-refractivity contribution is -0.131. The van der Waals surface area contributed by atoms with Crippen molar-refractivity contribution in [1.29, 1.82) is 0 Å². The van der Waals surface area contributed by atoms with Crippen molar-refractivity contribution in [3.05, 3.63) is 29.8 Å². The molecule has 0 radical (unpaired) electrons. The molecule has 0 aliphatic carbocycles. The molecule has 0 unspecified atom stereocenters. The van der Waals surface area contributed by atoms with E-state index in [4.69, 9.17) is 14.6 Å². The van der Waals surface area contributed by atoms with Gasteiger partial charge in [-0.1, -0.05) is 26.0 Å². The van der Waals surface area contributed by atoms with Crippen molar-refractivity contribution >= 4 is 12.0 Å². The van der Waals surface area contributed by atoms with Crippen molar-refractivity contribution in [2.45, 2.75) is 13.8 Å². The van der Waals surface area contributed by atoms with Gasteiger partial charge in [-0.2, -0.15) is 0 Å². The smallest absolute Gasteiger partial charge is 0.328 e. The third-order valence-electron chi connectivity index (χ3n) is 2.20. The molecule has 0 spiro atoms. The van der Waals surface area contributed by atoms with Crippen LogP contribution in [0.4, 0.5) is 0 Å². The molecule has 0 atom stereocenters. The van der Waals surface area contributed by atoms with E-state index in [-0.39, 0.29) is 0 Å². The number of carbonyl (C=O) groups is 1. The summed E-state index contributed by atoms with van der Waals surface area (Å²) in [4.78, 5) is 10.5. The van der Waals surface area contributed by atoms with Gasteiger partial charge in [0.1, 0.15) is 0 Å². The fraction of sp³-hybridized carbons (Fsp3) is 0.357. The van der Waals surface area contributed by atoms with E-state index in [0.717, 1.165) is 6.08 Å². The summed E-state index contributed by atoms with van der Waals surface area (Å²) in [6.45, 7) is 4.64. The van der Waals surface area contributed by atoms with Crippen LogP contribution in [0.25, 0.3) is 6.08 Å². The number of ether oxygens (including phenoxy) is 2. The van der Waals surface area contributed by atoms with Crippen LogP contribution in [0.15, 0.2) is 24.3 Å². The zero-order chi connectivity index (χ0) is 13.5. The summed E-state index contributed by atoms with van der Waals surface area (Å²) < 4.78 is 10.9. The van der Waals surface area contributed by atoms with Crippen LogP contribution in [0.2, 0.25) is 0 Å². The van der Waals surface area contributed by atoms with Crippen molar-refractivity contribution in [3.8, 4) is 11.5 Å². The van der Waals surface area contributed by atoms with E-state index >= 15 is 0 Å². The van der Waals surface area contributed by atoms with Crippen LogP contribution in [-0.4, -0.2) is 24.8 Å². The van der Waals surface area contributed by atoms with Crippen LogP contribution in [0.1, 0.15) is 19.4 Å². The molecule has 0 bridgehead atoms. The molecule has 0 saturated carbocycles. The molecule has 1 N–H and O–H groups in total. The first-order valence-electron chi connectivity index (χ1n) is 5.75. The molecule has 0 heterocycles. The summed E-state index contributed by atoms with van der Waals surface area (Å²) in [5, 5.41) is 8.65. The summed E-state index contributed by atoms with van der Waals surface area (Å²) in [6.07, 6.45) is 2.58. The molecule has 1 aromatic rings. The summed E-state index contributed by atoms with van der Waals surface area (Å²) in [7, 11) is 1.56. The third kappa shape index (κ3) is 4.13. The van der Waals surface area contributed by atoms with E-state index in [1.807, 2.05) is 13.8 Å². The summed E-state index contributed by atoms with van der Waals surface area (Å²) in [5.41, 5.74) is 0.692. The van der Waals surface area contributed by atoms with Gasteiger partial charge < -0.3 is 14.6 Å². The van der Waals surface area contributed by atoms with Gasteiger partial charge in [-0.05, 0) is 18.1 Å². The second-order valence-corrected chi connectivity index (χ2v) is 4.26. The number of carboxylic acids is 1. The first-order valence-corrected chi connectivity index (χ1v) is 5.75. The Labute approximate surface area is 107 Å². The largest absolute Gasteiger partial charge is 0.493 e. The fourth-order valence-electron chi connectivity index (χ4n) is 1.39. The lowest BCUT2D eigenvalue weighted by Crippen LogP contribution is -2.06. The predicted molar refractivity (Wildman–Crippen MR) is 70.0 cm³/mol. The number of methoxy groups -OCH3 is 1. The number of aliphatic carboxylic acids is 1. The Balaban J connectivity index is 3.03. The van der Waals surface area contributed by atoms with Crippen LogP contribution in [0.5, 0.6) is 11.5 Å². The van der Waals surface area contributed by atoms with Crippen LogP contribution < -0.4 is 9.47 Å². The van der Waals surface area contributed by atoms with E-state index in [1.165, 1.54) is 6.08 Å². The quantitative estimate of drug-likeness (QED) is 0.789. The molecule has 18 heavy (non-hydrogen) atoms. The topological polar surface area (TPSA) is 55.8 Å². The Kier molecular flexibility index (Phi) is 5.24. The van der Waals surface area contributed by atoms with Gasteiger partial charge in [-0.15, -0.1) is 0 Å². The molecule has 0 aliphatic rings. The molecule has 0 amide bonds. The van der Waals surface area contributed by atoms with Crippen molar-refractivity contribution in [1.82, 2.24) is 0 Å². The molecule has 1 rings (SSSR count). The van der Waals surface area contributed by atoms with Gasteiger partial charge in [-0.3, -0.25) is 0 Å². The molecular weight excluding hydrogens is 232 g/mol. The average Bonchev–Trinajstić information content (AvgIpc) is 2.33. The number of carboxylic acid groups (broad SMARTS) is 1. The number of benzene rings is 1. The summed E-state index contributed by atoms with van der Waals surface area (Å²) in [5.74, 6) is 0.563. The Hall–Kier alpha value is -1.97. The van der Waals surface area contributed by atoms with Gasteiger partial charge >= 0.3 is 5.97 Å². The minimum atomic E-state index is -0.993. The highest BCUT2D eigenvalue weighted by Gasteiger charge is 2.09. The van der Waals surface area contributed by atoms with Crippen LogP contribution in [-0.2, 0) is 4.79 Å². The lowest BCUT2D eigenvalue weighted by atomic mass is 10.1. The zero-order valence-corrected chi connectivity index (χ0v) is 10.8. The second kappa shape index (κ2) is 6.69. The Morgan fingerprint density at radius 2 is 2.17 bits per heavy atom. The highest BCUT2D eigenvalue weighted by Crippen LogP contribution is 2.32. The lowest BCUT2D eigenvalue weighted by Gasteiger charge is -2.14. The molecule has 4 heteroatoms. The van der Waals surface area contributed by atoms with E-state index < -0.39 is 5.97 Å². The van der Waals surface area contributed by atoms with Gasteiger partial charge in [0.2, 0.25) is 0 Å². The Bertz CT molecular complexity index is 435. The third-order valence-corrected chi connectivity index (χ3v) is 2.20. The molecular formula is C14H18O4. The van der Waals surface area contributed by atoms with Crippen LogP contribution in [0, 0.1) is 5.92 Å². The minimum Gasteiger partial charge on any atom is -0.493 e. The van der Waals surface area contributed by atoms with E-state index in [0.29, 0.717) is 29.6 Å². The normalized spacial score (nSPS) is 10.9. The van der Waals surface area contributed by atoms with E-state index in [1.54, 1.807) is 25.3 Å². The maximum atomic E-state index is 10.5. The number of para-hydroxylation sites is 1. The second-order valence-electron chi connectivity index (χ2n) is 4.26. The molecule has 0 aliphatic heterocycles. The number of hydrogen-bond acceptors (Lipinski definition) is 3. The first kappa shape index (κ1) is 14.1. The molecule has 4 nitrogen and oxygen atoms in total. The minimum absolute atomic E-state index is 0.381. The van der Waals surface area contributed by atoms with Gasteiger partial charge in [0.15, 0.2) is 11.5 Å². The van der Waals surface area contributed by atoms with Crippen molar-refractivity contribution in [3.63, 3.8) is 0 Å². The van der Waals surface area contributed by atoms with Crippen LogP contribution in [0.3, 0.4) is 0 Å². The molecule has 98 valence electrons. The maximum absolute atomic E-state index is 10.5. The number of hydrogen-bond donors (Lipinski definition) is 1. The molecule has 0 aromatic heterocycles. The highest BCUT2D eigenvalue weighted by molar-refractivity contribution is 5.86. The van der Waals surface area contributed by atoms with E-state index in [2.05, 4.69) is 0 Å². The fourth-order valence-corrected chi connectivity index (χ4v) is 1.39. The Morgan fingerprint density at radius 3 is 2.72 bits per heavy atom. The van der Waals surface area contributed by atoms with Gasteiger partial charge in [0, 0.05) is 11.6 Å². The summed E-state index contributed by atoms with van der Waals surface area (Å²) in [6, 6.07) is 5.37. The zero-order valence-electron chi connectivity index (χ0n) is 10.8. The Morgan fingerprint density at radius 1 is 1.44 bits per heavy atom. The van der Waals surface area contributed by atoms with Crippen molar-refractivity contribution in [2.24, 2.45) is 5.92 Å². The van der Waals surface area contributed by atoms with Crippen LogP contribution >= 0.6 is 0 Å².